The SMILES string of the molecule is Cn1cccc(C(=O)NCc2cncc(C3CC3)c2)c1=O. The fourth-order valence-corrected chi connectivity index (χ4v) is 2.29. The second kappa shape index (κ2) is 5.52. The molecule has 0 aliphatic heterocycles. The highest BCUT2D eigenvalue weighted by Gasteiger charge is 2.23. The Morgan fingerprint density at radius 1 is 1.43 bits per heavy atom. The second-order valence-corrected chi connectivity index (χ2v) is 5.42. The van der Waals surface area contributed by atoms with Gasteiger partial charge in [0.15, 0.2) is 0 Å². The molecule has 1 aliphatic carbocycles. The van der Waals surface area contributed by atoms with Gasteiger partial charge in [-0.1, -0.05) is 6.07 Å². The molecule has 1 amide bonds. The van der Waals surface area contributed by atoms with Crippen molar-refractivity contribution < 1.29 is 4.79 Å². The lowest BCUT2D eigenvalue weighted by atomic mass is 10.1. The van der Waals surface area contributed by atoms with E-state index in [9.17, 15) is 9.59 Å². The summed E-state index contributed by atoms with van der Waals surface area (Å²) in [6.07, 6.45) is 7.70. The summed E-state index contributed by atoms with van der Waals surface area (Å²) in [5.41, 5.74) is 2.06. The molecule has 0 saturated heterocycles. The van der Waals surface area contributed by atoms with Gasteiger partial charge in [0.05, 0.1) is 0 Å². The van der Waals surface area contributed by atoms with Crippen LogP contribution in [0, 0.1) is 0 Å². The van der Waals surface area contributed by atoms with Gasteiger partial charge in [0, 0.05) is 32.2 Å². The molecule has 2 aromatic heterocycles. The quantitative estimate of drug-likeness (QED) is 0.926. The third-order valence-corrected chi connectivity index (χ3v) is 3.69. The number of carbonyl (C=O) groups excluding carboxylic acids is 1. The molecule has 1 aliphatic rings. The van der Waals surface area contributed by atoms with Crippen LogP contribution in [0.2, 0.25) is 0 Å². The van der Waals surface area contributed by atoms with Gasteiger partial charge >= 0.3 is 0 Å². The van der Waals surface area contributed by atoms with Crippen molar-refractivity contribution in [3.63, 3.8) is 0 Å². The van der Waals surface area contributed by atoms with Crippen molar-refractivity contribution in [2.45, 2.75) is 25.3 Å². The minimum atomic E-state index is -0.354. The number of rotatable bonds is 4. The number of nitrogens with one attached hydrogen (secondary N) is 1. The van der Waals surface area contributed by atoms with E-state index < -0.39 is 0 Å². The lowest BCUT2D eigenvalue weighted by Gasteiger charge is -2.07. The van der Waals surface area contributed by atoms with Crippen molar-refractivity contribution in [2.24, 2.45) is 7.05 Å². The molecule has 2 heterocycles. The first kappa shape index (κ1) is 13.5. The zero-order chi connectivity index (χ0) is 14.8. The number of hydrogen-bond acceptors (Lipinski definition) is 3. The van der Waals surface area contributed by atoms with E-state index >= 15 is 0 Å². The van der Waals surface area contributed by atoms with Crippen LogP contribution in [0.15, 0.2) is 41.6 Å². The maximum Gasteiger partial charge on any atom is 0.263 e. The lowest BCUT2D eigenvalue weighted by molar-refractivity contribution is 0.0949. The van der Waals surface area contributed by atoms with Crippen molar-refractivity contribution in [3.8, 4) is 0 Å². The first-order valence-corrected chi connectivity index (χ1v) is 7.03. The van der Waals surface area contributed by atoms with Crippen LogP contribution < -0.4 is 10.9 Å². The van der Waals surface area contributed by atoms with Crippen LogP contribution in [0.4, 0.5) is 0 Å². The fraction of sp³-hybridized carbons (Fsp3) is 0.312. The Labute approximate surface area is 122 Å². The van der Waals surface area contributed by atoms with E-state index in [1.165, 1.54) is 29.0 Å². The summed E-state index contributed by atoms with van der Waals surface area (Å²) in [5.74, 6) is 0.280. The number of nitrogens with zero attached hydrogens (tertiary/aromatic N) is 2. The maximum absolute atomic E-state index is 12.1. The minimum absolute atomic E-state index is 0.159. The van der Waals surface area contributed by atoms with Crippen molar-refractivity contribution in [2.75, 3.05) is 0 Å². The van der Waals surface area contributed by atoms with Crippen molar-refractivity contribution in [1.82, 2.24) is 14.9 Å². The number of hydrogen-bond donors (Lipinski definition) is 1. The first-order valence-electron chi connectivity index (χ1n) is 7.03. The van der Waals surface area contributed by atoms with Crippen LogP contribution in [0.1, 0.15) is 40.2 Å². The Morgan fingerprint density at radius 2 is 2.24 bits per heavy atom. The smallest absolute Gasteiger partial charge is 0.263 e. The molecule has 5 heteroatoms. The molecule has 0 atom stereocenters. The van der Waals surface area contributed by atoms with E-state index in [0.717, 1.165) is 5.56 Å². The van der Waals surface area contributed by atoms with Gasteiger partial charge in [-0.3, -0.25) is 14.6 Å². The molecule has 3 rings (SSSR count). The van der Waals surface area contributed by atoms with Crippen LogP contribution in [-0.4, -0.2) is 15.5 Å². The summed E-state index contributed by atoms with van der Waals surface area (Å²) in [5, 5.41) is 2.78. The fourth-order valence-electron chi connectivity index (χ4n) is 2.29. The number of pyridine rings is 2. The molecule has 0 spiro atoms. The summed E-state index contributed by atoms with van der Waals surface area (Å²) < 4.78 is 1.39. The standard InChI is InChI=1S/C16H17N3O2/c1-19-6-2-3-14(16(19)21)15(20)18-9-11-7-13(10-17-8-11)12-4-5-12/h2-3,6-8,10,12H,4-5,9H2,1H3,(H,18,20). The summed E-state index contributed by atoms with van der Waals surface area (Å²) in [4.78, 5) is 28.2. The van der Waals surface area contributed by atoms with Gasteiger partial charge in [-0.15, -0.1) is 0 Å². The topological polar surface area (TPSA) is 64.0 Å². The molecule has 0 bridgehead atoms. The van der Waals surface area contributed by atoms with Crippen LogP contribution in [0.25, 0.3) is 0 Å². The molecule has 1 N–H and O–H groups in total. The molecule has 1 fully saturated rings. The predicted octanol–water partition coefficient (Wildman–Crippen LogP) is 1.59. The summed E-state index contributed by atoms with van der Waals surface area (Å²) in [6, 6.07) is 5.30. The third kappa shape index (κ3) is 3.02. The predicted molar refractivity (Wildman–Crippen MR) is 79.1 cm³/mol. The number of amides is 1. The molecule has 2 aromatic rings. The van der Waals surface area contributed by atoms with Gasteiger partial charge in [0.2, 0.25) is 0 Å². The number of aromatic nitrogens is 2. The molecule has 0 unspecified atom stereocenters. The molecule has 108 valence electrons. The molecule has 0 aromatic carbocycles. The highest BCUT2D eigenvalue weighted by atomic mass is 16.2. The van der Waals surface area contributed by atoms with Gasteiger partial charge in [0.1, 0.15) is 5.56 Å². The van der Waals surface area contributed by atoms with Crippen molar-refractivity contribution in [1.29, 1.82) is 0 Å². The minimum Gasteiger partial charge on any atom is -0.348 e. The monoisotopic (exact) mass is 283 g/mol. The Balaban J connectivity index is 1.69. The largest absolute Gasteiger partial charge is 0.348 e. The summed E-state index contributed by atoms with van der Waals surface area (Å²) in [6.45, 7) is 0.379. The van der Waals surface area contributed by atoms with Crippen LogP contribution >= 0.6 is 0 Å². The first-order chi connectivity index (χ1) is 10.1. The molecule has 0 radical (unpaired) electrons. The molecular formula is C16H17N3O2. The third-order valence-electron chi connectivity index (χ3n) is 3.69. The van der Waals surface area contributed by atoms with Gasteiger partial charge in [0.25, 0.3) is 11.5 Å². The number of carbonyl (C=O) groups is 1. The molecular weight excluding hydrogens is 266 g/mol. The van der Waals surface area contributed by atoms with E-state index in [1.54, 1.807) is 25.5 Å². The Morgan fingerprint density at radius 3 is 3.00 bits per heavy atom. The Bertz CT molecular complexity index is 732. The highest BCUT2D eigenvalue weighted by molar-refractivity contribution is 5.93. The lowest BCUT2D eigenvalue weighted by Crippen LogP contribution is -2.31. The average Bonchev–Trinajstić information content (AvgIpc) is 3.33. The van der Waals surface area contributed by atoms with Crippen LogP contribution in [0.3, 0.4) is 0 Å². The average molecular weight is 283 g/mol. The zero-order valence-corrected chi connectivity index (χ0v) is 11.9. The molecule has 21 heavy (non-hydrogen) atoms. The zero-order valence-electron chi connectivity index (χ0n) is 11.9. The summed E-state index contributed by atoms with van der Waals surface area (Å²) in [7, 11) is 1.63. The highest BCUT2D eigenvalue weighted by Crippen LogP contribution is 2.39. The maximum atomic E-state index is 12.1. The summed E-state index contributed by atoms with van der Waals surface area (Å²) >= 11 is 0. The van der Waals surface area contributed by atoms with Gasteiger partial charge in [-0.2, -0.15) is 0 Å². The van der Waals surface area contributed by atoms with Gasteiger partial charge in [-0.25, -0.2) is 0 Å². The molecule has 5 nitrogen and oxygen atoms in total. The van der Waals surface area contributed by atoms with E-state index in [-0.39, 0.29) is 17.0 Å². The van der Waals surface area contributed by atoms with Crippen LogP contribution in [-0.2, 0) is 13.6 Å². The Kier molecular flexibility index (Phi) is 3.56. The second-order valence-electron chi connectivity index (χ2n) is 5.42. The van der Waals surface area contributed by atoms with Gasteiger partial charge in [-0.05, 0) is 42.0 Å². The van der Waals surface area contributed by atoms with E-state index in [1.807, 2.05) is 6.20 Å². The van der Waals surface area contributed by atoms with E-state index in [2.05, 4.69) is 16.4 Å². The Hall–Kier alpha value is -2.43. The van der Waals surface area contributed by atoms with Crippen molar-refractivity contribution in [3.05, 3.63) is 63.8 Å². The van der Waals surface area contributed by atoms with E-state index in [0.29, 0.717) is 12.5 Å². The van der Waals surface area contributed by atoms with Crippen LogP contribution in [0.5, 0.6) is 0 Å². The normalized spacial score (nSPS) is 14.0. The molecule has 1 saturated carbocycles. The van der Waals surface area contributed by atoms with E-state index in [4.69, 9.17) is 0 Å². The van der Waals surface area contributed by atoms with Crippen molar-refractivity contribution >= 4 is 5.91 Å². The van der Waals surface area contributed by atoms with Gasteiger partial charge < -0.3 is 9.88 Å². The number of aryl methyl sites for hydroxylation is 1.